The molecule has 0 amide bonds. The number of fused-ring (bicyclic) bond motifs is 2. The first-order valence-electron chi connectivity index (χ1n) is 11.0. The Labute approximate surface area is 161 Å². The van der Waals surface area contributed by atoms with Crippen molar-refractivity contribution in [3.05, 3.63) is 0 Å². The molecule has 3 saturated heterocycles. The third-order valence-electron chi connectivity index (χ3n) is 8.37. The molecule has 3 aliphatic heterocycles. The van der Waals surface area contributed by atoms with Gasteiger partial charge in [-0.3, -0.25) is 10.2 Å². The van der Waals surface area contributed by atoms with Crippen molar-refractivity contribution in [1.29, 1.82) is 0 Å². The van der Waals surface area contributed by atoms with E-state index in [2.05, 4.69) is 22.5 Å². The molecule has 5 rings (SSSR count). The summed E-state index contributed by atoms with van der Waals surface area (Å²) in [6.45, 7) is 3.77. The second kappa shape index (κ2) is 7.20. The van der Waals surface area contributed by atoms with E-state index < -0.39 is 30.6 Å². The lowest BCUT2D eigenvalue weighted by Gasteiger charge is -2.45. The van der Waals surface area contributed by atoms with Crippen molar-refractivity contribution in [1.82, 2.24) is 15.5 Å². The largest absolute Gasteiger partial charge is 0.390 e. The molecule has 0 radical (unpaired) electrons. The van der Waals surface area contributed by atoms with Gasteiger partial charge in [-0.25, -0.2) is 0 Å². The van der Waals surface area contributed by atoms with Crippen molar-refractivity contribution in [2.45, 2.75) is 88.3 Å². The summed E-state index contributed by atoms with van der Waals surface area (Å²) in [5, 5.41) is 39.3. The fraction of sp³-hybridized carbons (Fsp3) is 1.00. The molecule has 5 N–H and O–H groups in total. The van der Waals surface area contributed by atoms with E-state index >= 15 is 0 Å². The van der Waals surface area contributed by atoms with Crippen LogP contribution >= 0.6 is 0 Å². The van der Waals surface area contributed by atoms with Crippen molar-refractivity contribution >= 4 is 0 Å². The predicted molar refractivity (Wildman–Crippen MR) is 99.4 cm³/mol. The van der Waals surface area contributed by atoms with Gasteiger partial charge in [-0.1, -0.05) is 0 Å². The van der Waals surface area contributed by atoms with E-state index in [9.17, 15) is 15.3 Å². The Morgan fingerprint density at radius 1 is 1.00 bits per heavy atom. The van der Waals surface area contributed by atoms with Crippen LogP contribution in [0.5, 0.6) is 0 Å². The zero-order valence-electron chi connectivity index (χ0n) is 16.2. The van der Waals surface area contributed by atoms with Gasteiger partial charge in [0.1, 0.15) is 24.5 Å². The van der Waals surface area contributed by atoms with Gasteiger partial charge in [-0.15, -0.1) is 0 Å². The molecule has 6 unspecified atom stereocenters. The average molecular weight is 382 g/mol. The maximum atomic E-state index is 11.0. The lowest BCUT2D eigenvalue weighted by Crippen LogP contribution is -2.61. The Kier molecular flexibility index (Phi) is 4.99. The first-order chi connectivity index (χ1) is 13.0. The van der Waals surface area contributed by atoms with Gasteiger partial charge in [0, 0.05) is 25.2 Å². The van der Waals surface area contributed by atoms with Crippen LogP contribution in [0.25, 0.3) is 0 Å². The zero-order chi connectivity index (χ0) is 18.7. The fourth-order valence-corrected chi connectivity index (χ4v) is 6.48. The van der Waals surface area contributed by atoms with Gasteiger partial charge in [0.2, 0.25) is 0 Å². The monoisotopic (exact) mass is 381 g/mol. The molecule has 154 valence electrons. The van der Waals surface area contributed by atoms with Gasteiger partial charge < -0.3 is 25.4 Å². The second-order valence-corrected chi connectivity index (χ2v) is 9.64. The molecule has 5 aliphatic rings. The van der Waals surface area contributed by atoms with Crippen molar-refractivity contribution in [2.75, 3.05) is 13.2 Å². The highest BCUT2D eigenvalue weighted by Crippen LogP contribution is 2.48. The van der Waals surface area contributed by atoms with E-state index in [1.165, 1.54) is 19.3 Å². The minimum Gasteiger partial charge on any atom is -0.390 e. The van der Waals surface area contributed by atoms with Crippen molar-refractivity contribution < 1.29 is 20.1 Å². The number of aliphatic hydroxyl groups excluding tert-OH is 3. The molecule has 5 fully saturated rings. The van der Waals surface area contributed by atoms with E-state index in [1.807, 2.05) is 0 Å². The van der Waals surface area contributed by atoms with E-state index in [1.54, 1.807) is 0 Å². The molecule has 11 atom stereocenters. The van der Waals surface area contributed by atoms with Gasteiger partial charge in [0.15, 0.2) is 0 Å². The lowest BCUT2D eigenvalue weighted by atomic mass is 9.61. The van der Waals surface area contributed by atoms with Gasteiger partial charge in [0.05, 0.1) is 12.3 Å². The minimum absolute atomic E-state index is 0.148. The summed E-state index contributed by atoms with van der Waals surface area (Å²) >= 11 is 0. The van der Waals surface area contributed by atoms with E-state index in [-0.39, 0.29) is 12.1 Å². The van der Waals surface area contributed by atoms with Crippen LogP contribution in [0.1, 0.15) is 45.4 Å². The maximum Gasteiger partial charge on any atom is 0.141 e. The number of nitrogens with zero attached hydrogens (tertiary/aromatic N) is 1. The molecule has 0 aromatic heterocycles. The maximum absolute atomic E-state index is 11.0. The Hall–Kier alpha value is -0.280. The minimum atomic E-state index is -1.03. The lowest BCUT2D eigenvalue weighted by molar-refractivity contribution is -0.142. The molecule has 3 heterocycles. The molecule has 7 nitrogen and oxygen atoms in total. The molecule has 0 bridgehead atoms. The first-order valence-corrected chi connectivity index (χ1v) is 11.0. The van der Waals surface area contributed by atoms with Crippen LogP contribution in [-0.4, -0.2) is 76.3 Å². The van der Waals surface area contributed by atoms with E-state index in [4.69, 9.17) is 4.74 Å². The molecular formula is C20H35N3O4. The SMILES string of the molecule is CC1NCNC2C1CCN2[C@@H]1O[C@H]([C@H](O)C2CCC3CCC3C2)[C@@H](O)[C@H]1O. The van der Waals surface area contributed by atoms with Crippen LogP contribution in [0.2, 0.25) is 0 Å². The number of likely N-dealkylation sites (tertiary alicyclic amines) is 1. The van der Waals surface area contributed by atoms with Gasteiger partial charge in [-0.05, 0) is 63.2 Å². The normalized spacial score (nSPS) is 54.2. The summed E-state index contributed by atoms with van der Waals surface area (Å²) in [5.74, 6) is 2.25. The third-order valence-corrected chi connectivity index (χ3v) is 8.37. The molecule has 0 aromatic rings. The van der Waals surface area contributed by atoms with Crippen LogP contribution in [0.3, 0.4) is 0 Å². The highest BCUT2D eigenvalue weighted by molar-refractivity contribution is 5.02. The molecule has 2 aliphatic carbocycles. The summed E-state index contributed by atoms with van der Waals surface area (Å²) in [4.78, 5) is 2.16. The molecule has 27 heavy (non-hydrogen) atoms. The first kappa shape index (κ1) is 18.7. The summed E-state index contributed by atoms with van der Waals surface area (Å²) in [5.41, 5.74) is 0. The van der Waals surface area contributed by atoms with Crippen LogP contribution in [0.15, 0.2) is 0 Å². The smallest absolute Gasteiger partial charge is 0.141 e. The molecule has 2 saturated carbocycles. The second-order valence-electron chi connectivity index (χ2n) is 9.64. The standard InChI is InChI=1S/C20H35N3O4/c1-10-14-6-7-23(19(14)22-9-21-10)20-17(26)16(25)18(27-20)15(24)13-5-3-11-2-4-12(11)8-13/h10-22,24-26H,2-9H2,1H3/t10?,11?,12?,13?,14?,15-,16+,17-,18-,19?,20-/m1/s1. The average Bonchev–Trinajstić information content (AvgIpc) is 3.19. The van der Waals surface area contributed by atoms with Crippen LogP contribution < -0.4 is 10.6 Å². The topological polar surface area (TPSA) is 97.2 Å². The number of aliphatic hydroxyl groups is 3. The number of nitrogens with one attached hydrogen (secondary N) is 2. The van der Waals surface area contributed by atoms with Crippen LogP contribution in [0.4, 0.5) is 0 Å². The Bertz CT molecular complexity index is 551. The number of hydrogen-bond donors (Lipinski definition) is 5. The Morgan fingerprint density at radius 3 is 2.52 bits per heavy atom. The van der Waals surface area contributed by atoms with Gasteiger partial charge in [0.25, 0.3) is 0 Å². The van der Waals surface area contributed by atoms with Crippen molar-refractivity contribution in [3.8, 4) is 0 Å². The van der Waals surface area contributed by atoms with Crippen molar-refractivity contribution in [3.63, 3.8) is 0 Å². The fourth-order valence-electron chi connectivity index (χ4n) is 6.48. The summed E-state index contributed by atoms with van der Waals surface area (Å²) in [7, 11) is 0. The molecular weight excluding hydrogens is 346 g/mol. The van der Waals surface area contributed by atoms with Crippen LogP contribution in [0, 0.1) is 23.7 Å². The highest BCUT2D eigenvalue weighted by Gasteiger charge is 2.54. The molecule has 0 aromatic carbocycles. The van der Waals surface area contributed by atoms with E-state index in [0.29, 0.717) is 12.0 Å². The Balaban J connectivity index is 1.26. The zero-order valence-corrected chi connectivity index (χ0v) is 16.2. The van der Waals surface area contributed by atoms with Gasteiger partial charge in [-0.2, -0.15) is 0 Å². The van der Waals surface area contributed by atoms with E-state index in [0.717, 1.165) is 44.3 Å². The summed E-state index contributed by atoms with van der Waals surface area (Å²) in [6.07, 6.45) is 3.10. The van der Waals surface area contributed by atoms with Crippen LogP contribution in [-0.2, 0) is 4.74 Å². The number of rotatable bonds is 3. The van der Waals surface area contributed by atoms with Gasteiger partial charge >= 0.3 is 0 Å². The Morgan fingerprint density at radius 2 is 1.78 bits per heavy atom. The predicted octanol–water partition coefficient (Wildman–Crippen LogP) is -0.193. The third kappa shape index (κ3) is 3.06. The number of ether oxygens (including phenoxy) is 1. The summed E-state index contributed by atoms with van der Waals surface area (Å²) < 4.78 is 6.16. The molecule has 0 spiro atoms. The molecule has 7 heteroatoms. The number of hydrogen-bond acceptors (Lipinski definition) is 7. The van der Waals surface area contributed by atoms with Crippen molar-refractivity contribution in [2.24, 2.45) is 23.7 Å². The highest BCUT2D eigenvalue weighted by atomic mass is 16.6. The quantitative estimate of drug-likeness (QED) is 0.462. The summed E-state index contributed by atoms with van der Waals surface area (Å²) in [6, 6.07) is 0.420.